The highest BCUT2D eigenvalue weighted by Gasteiger charge is 2.34. The fourth-order valence-electron chi connectivity index (χ4n) is 2.03. The number of nitrogens with zero attached hydrogens (tertiary/aromatic N) is 1. The van der Waals surface area contributed by atoms with E-state index in [-0.39, 0.29) is 11.7 Å². The number of hydrogen-bond donors (Lipinski definition) is 1. The Balaban J connectivity index is 2.23. The lowest BCUT2D eigenvalue weighted by Crippen LogP contribution is -2.32. The molecular weight excluding hydrogens is 223 g/mol. The smallest absolute Gasteiger partial charge is 0.248 e. The molecule has 0 aromatic heterocycles. The first-order valence-electron chi connectivity index (χ1n) is 5.50. The van der Waals surface area contributed by atoms with Gasteiger partial charge in [-0.3, -0.25) is 4.79 Å². The van der Waals surface area contributed by atoms with Crippen molar-refractivity contribution < 1.29 is 13.9 Å². The van der Waals surface area contributed by atoms with Crippen LogP contribution in [0.1, 0.15) is 18.0 Å². The van der Waals surface area contributed by atoms with Crippen LogP contribution in [0.5, 0.6) is 0 Å². The SMILES string of the molecule is COCCCN1C(=O)C(N)c2ccc(F)cc21. The molecule has 4 nitrogen and oxygen atoms in total. The number of anilines is 1. The standard InChI is InChI=1S/C12H15FN2O2/c1-17-6-2-5-15-10-7-8(13)3-4-9(10)11(14)12(15)16/h3-4,7,11H,2,5-6,14H2,1H3. The predicted octanol–water partition coefficient (Wildman–Crippen LogP) is 1.21. The van der Waals surface area contributed by atoms with E-state index in [9.17, 15) is 9.18 Å². The van der Waals surface area contributed by atoms with Crippen molar-refractivity contribution >= 4 is 11.6 Å². The second kappa shape index (κ2) is 4.81. The number of halogens is 1. The number of fused-ring (bicyclic) bond motifs is 1. The molecule has 0 fully saturated rings. The summed E-state index contributed by atoms with van der Waals surface area (Å²) in [6.07, 6.45) is 0.699. The van der Waals surface area contributed by atoms with Gasteiger partial charge in [-0.25, -0.2) is 4.39 Å². The molecule has 1 aromatic rings. The zero-order valence-corrected chi connectivity index (χ0v) is 9.65. The van der Waals surface area contributed by atoms with Crippen LogP contribution in [0.15, 0.2) is 18.2 Å². The molecule has 1 amide bonds. The number of carbonyl (C=O) groups is 1. The van der Waals surface area contributed by atoms with E-state index in [0.29, 0.717) is 30.8 Å². The van der Waals surface area contributed by atoms with Crippen molar-refractivity contribution in [3.8, 4) is 0 Å². The monoisotopic (exact) mass is 238 g/mol. The fraction of sp³-hybridized carbons (Fsp3) is 0.417. The molecule has 1 aromatic carbocycles. The summed E-state index contributed by atoms with van der Waals surface area (Å²) in [5.41, 5.74) is 7.06. The van der Waals surface area contributed by atoms with E-state index in [1.165, 1.54) is 17.0 Å². The third-order valence-corrected chi connectivity index (χ3v) is 2.88. The average molecular weight is 238 g/mol. The van der Waals surface area contributed by atoms with Gasteiger partial charge < -0.3 is 15.4 Å². The molecule has 5 heteroatoms. The van der Waals surface area contributed by atoms with Crippen LogP contribution in [0.25, 0.3) is 0 Å². The highest BCUT2D eigenvalue weighted by atomic mass is 19.1. The number of rotatable bonds is 4. The van der Waals surface area contributed by atoms with Crippen LogP contribution >= 0.6 is 0 Å². The summed E-state index contributed by atoms with van der Waals surface area (Å²) in [6.45, 7) is 1.06. The molecule has 2 rings (SSSR count). The van der Waals surface area contributed by atoms with Crippen molar-refractivity contribution in [1.82, 2.24) is 0 Å². The van der Waals surface area contributed by atoms with Crippen LogP contribution in [-0.2, 0) is 9.53 Å². The minimum atomic E-state index is -0.673. The Morgan fingerprint density at radius 3 is 3.00 bits per heavy atom. The van der Waals surface area contributed by atoms with Crippen LogP contribution in [0.4, 0.5) is 10.1 Å². The summed E-state index contributed by atoms with van der Waals surface area (Å²) in [7, 11) is 1.60. The van der Waals surface area contributed by atoms with Gasteiger partial charge in [0.2, 0.25) is 5.91 Å². The van der Waals surface area contributed by atoms with Crippen molar-refractivity contribution in [3.63, 3.8) is 0 Å². The average Bonchev–Trinajstić information content (AvgIpc) is 2.54. The van der Waals surface area contributed by atoms with Crippen LogP contribution in [0.2, 0.25) is 0 Å². The minimum absolute atomic E-state index is 0.179. The van der Waals surface area contributed by atoms with Crippen molar-refractivity contribution in [2.45, 2.75) is 12.5 Å². The van der Waals surface area contributed by atoms with E-state index in [4.69, 9.17) is 10.5 Å². The molecule has 1 unspecified atom stereocenters. The summed E-state index contributed by atoms with van der Waals surface area (Å²) in [4.78, 5) is 13.4. The van der Waals surface area contributed by atoms with Gasteiger partial charge in [-0.05, 0) is 18.6 Å². The maximum Gasteiger partial charge on any atom is 0.248 e. The molecule has 1 heterocycles. The van der Waals surface area contributed by atoms with Gasteiger partial charge >= 0.3 is 0 Å². The number of amides is 1. The van der Waals surface area contributed by atoms with Crippen molar-refractivity contribution in [1.29, 1.82) is 0 Å². The Kier molecular flexibility index (Phi) is 3.40. The van der Waals surface area contributed by atoms with Gasteiger partial charge in [0.1, 0.15) is 11.9 Å². The summed E-state index contributed by atoms with van der Waals surface area (Å²) in [5, 5.41) is 0. The largest absolute Gasteiger partial charge is 0.385 e. The molecule has 0 radical (unpaired) electrons. The Hall–Kier alpha value is -1.46. The lowest BCUT2D eigenvalue weighted by atomic mass is 10.1. The van der Waals surface area contributed by atoms with Crippen molar-refractivity contribution in [3.05, 3.63) is 29.6 Å². The normalized spacial score (nSPS) is 18.6. The van der Waals surface area contributed by atoms with E-state index >= 15 is 0 Å². The molecule has 0 saturated heterocycles. The summed E-state index contributed by atoms with van der Waals surface area (Å²) < 4.78 is 18.1. The van der Waals surface area contributed by atoms with Gasteiger partial charge in [0, 0.05) is 25.8 Å². The first kappa shape index (κ1) is 12.0. The second-order valence-electron chi connectivity index (χ2n) is 4.02. The highest BCUT2D eigenvalue weighted by molar-refractivity contribution is 6.04. The maximum atomic E-state index is 13.2. The molecule has 0 spiro atoms. The Morgan fingerprint density at radius 1 is 1.53 bits per heavy atom. The third-order valence-electron chi connectivity index (χ3n) is 2.88. The molecule has 0 aliphatic carbocycles. The van der Waals surface area contributed by atoms with E-state index in [1.54, 1.807) is 13.2 Å². The van der Waals surface area contributed by atoms with Crippen LogP contribution in [0.3, 0.4) is 0 Å². The van der Waals surface area contributed by atoms with E-state index in [0.717, 1.165) is 0 Å². The quantitative estimate of drug-likeness (QED) is 0.802. The lowest BCUT2D eigenvalue weighted by Gasteiger charge is -2.17. The molecule has 1 aliphatic rings. The Labute approximate surface area is 99.2 Å². The highest BCUT2D eigenvalue weighted by Crippen LogP contribution is 2.34. The number of ether oxygens (including phenoxy) is 1. The predicted molar refractivity (Wildman–Crippen MR) is 62.2 cm³/mol. The second-order valence-corrected chi connectivity index (χ2v) is 4.02. The number of nitrogens with two attached hydrogens (primary N) is 1. The van der Waals surface area contributed by atoms with Crippen molar-refractivity contribution in [2.75, 3.05) is 25.2 Å². The van der Waals surface area contributed by atoms with Gasteiger partial charge in [-0.1, -0.05) is 6.07 Å². The molecule has 17 heavy (non-hydrogen) atoms. The molecule has 0 saturated carbocycles. The minimum Gasteiger partial charge on any atom is -0.385 e. The van der Waals surface area contributed by atoms with Crippen LogP contribution in [0, 0.1) is 5.82 Å². The van der Waals surface area contributed by atoms with E-state index in [1.807, 2.05) is 0 Å². The van der Waals surface area contributed by atoms with Gasteiger partial charge in [-0.15, -0.1) is 0 Å². The van der Waals surface area contributed by atoms with Crippen LogP contribution in [-0.4, -0.2) is 26.2 Å². The summed E-state index contributed by atoms with van der Waals surface area (Å²) >= 11 is 0. The maximum absolute atomic E-state index is 13.2. The van der Waals surface area contributed by atoms with Crippen LogP contribution < -0.4 is 10.6 Å². The Bertz CT molecular complexity index is 437. The lowest BCUT2D eigenvalue weighted by molar-refractivity contribution is -0.119. The topological polar surface area (TPSA) is 55.6 Å². The summed E-state index contributed by atoms with van der Waals surface area (Å²) in [5.74, 6) is -0.538. The van der Waals surface area contributed by atoms with Gasteiger partial charge in [0.25, 0.3) is 0 Å². The first-order valence-corrected chi connectivity index (χ1v) is 5.50. The number of benzene rings is 1. The molecule has 1 aliphatic heterocycles. The number of carbonyl (C=O) groups excluding carboxylic acids is 1. The number of methoxy groups -OCH3 is 1. The zero-order valence-electron chi connectivity index (χ0n) is 9.65. The molecule has 92 valence electrons. The van der Waals surface area contributed by atoms with E-state index in [2.05, 4.69) is 0 Å². The van der Waals surface area contributed by atoms with Gasteiger partial charge in [0.15, 0.2) is 0 Å². The molecular formula is C12H15FN2O2. The molecule has 1 atom stereocenters. The number of hydrogen-bond acceptors (Lipinski definition) is 3. The fourth-order valence-corrected chi connectivity index (χ4v) is 2.03. The Morgan fingerprint density at radius 2 is 2.29 bits per heavy atom. The summed E-state index contributed by atoms with van der Waals surface area (Å²) in [6, 6.07) is 3.58. The van der Waals surface area contributed by atoms with E-state index < -0.39 is 6.04 Å². The van der Waals surface area contributed by atoms with Gasteiger partial charge in [0.05, 0.1) is 5.69 Å². The first-order chi connectivity index (χ1) is 8.15. The molecule has 2 N–H and O–H groups in total. The zero-order chi connectivity index (χ0) is 12.4. The third kappa shape index (κ3) is 2.16. The van der Waals surface area contributed by atoms with Gasteiger partial charge in [-0.2, -0.15) is 0 Å². The van der Waals surface area contributed by atoms with Crippen molar-refractivity contribution in [2.24, 2.45) is 5.73 Å². The molecule has 0 bridgehead atoms.